The van der Waals surface area contributed by atoms with Gasteiger partial charge in [0.15, 0.2) is 0 Å². The van der Waals surface area contributed by atoms with Gasteiger partial charge >= 0.3 is 0 Å². The minimum absolute atomic E-state index is 0.148. The maximum absolute atomic E-state index is 12.1. The first-order valence-corrected chi connectivity index (χ1v) is 11.3. The van der Waals surface area contributed by atoms with Crippen molar-refractivity contribution >= 4 is 16.9 Å². The number of benzene rings is 1. The number of aromatic nitrogens is 3. The topological polar surface area (TPSA) is 82.2 Å². The van der Waals surface area contributed by atoms with E-state index in [4.69, 9.17) is 14.2 Å². The molecular weight excluding hydrogens is 392 g/mol. The minimum Gasteiger partial charge on any atom is -0.381 e. The molecule has 1 N–H and O–H groups in total. The smallest absolute Gasteiger partial charge is 0.221 e. The molecule has 2 atom stereocenters. The van der Waals surface area contributed by atoms with Gasteiger partial charge in [0.1, 0.15) is 17.1 Å². The van der Waals surface area contributed by atoms with Crippen LogP contribution in [0.4, 0.5) is 0 Å². The Hall–Kier alpha value is -2.67. The third-order valence-corrected chi connectivity index (χ3v) is 7.65. The molecule has 7 heteroatoms. The Bertz CT molecular complexity index is 1170. The van der Waals surface area contributed by atoms with Crippen molar-refractivity contribution in [1.29, 1.82) is 0 Å². The first-order chi connectivity index (χ1) is 15.0. The van der Waals surface area contributed by atoms with E-state index in [1.54, 1.807) is 7.11 Å². The number of imidazole rings is 1. The van der Waals surface area contributed by atoms with Gasteiger partial charge in [0.2, 0.25) is 5.91 Å². The summed E-state index contributed by atoms with van der Waals surface area (Å²) >= 11 is 0. The van der Waals surface area contributed by atoms with Crippen LogP contribution in [0.5, 0.6) is 0 Å². The van der Waals surface area contributed by atoms with E-state index in [1.807, 2.05) is 13.8 Å². The van der Waals surface area contributed by atoms with Gasteiger partial charge in [-0.1, -0.05) is 11.2 Å². The van der Waals surface area contributed by atoms with Gasteiger partial charge in [-0.15, -0.1) is 0 Å². The summed E-state index contributed by atoms with van der Waals surface area (Å²) in [6.07, 6.45) is 6.20. The molecule has 1 amide bonds. The van der Waals surface area contributed by atoms with E-state index in [-0.39, 0.29) is 11.4 Å². The predicted molar refractivity (Wildman–Crippen MR) is 116 cm³/mol. The lowest BCUT2D eigenvalue weighted by atomic mass is 9.92. The maximum atomic E-state index is 12.1. The van der Waals surface area contributed by atoms with E-state index in [0.717, 1.165) is 71.5 Å². The summed E-state index contributed by atoms with van der Waals surface area (Å²) in [5.41, 5.74) is 4.84. The van der Waals surface area contributed by atoms with E-state index in [0.29, 0.717) is 24.5 Å². The number of piperidine rings is 1. The van der Waals surface area contributed by atoms with Crippen molar-refractivity contribution in [3.8, 4) is 11.1 Å². The number of amides is 1. The maximum Gasteiger partial charge on any atom is 0.221 e. The number of carbonyl (C=O) groups excluding carboxylic acids is 1. The highest BCUT2D eigenvalue weighted by atomic mass is 16.5. The highest BCUT2D eigenvalue weighted by molar-refractivity contribution is 5.86. The molecule has 2 unspecified atom stereocenters. The van der Waals surface area contributed by atoms with Gasteiger partial charge in [-0.25, -0.2) is 4.98 Å². The fourth-order valence-electron chi connectivity index (χ4n) is 5.96. The minimum atomic E-state index is -0.280. The van der Waals surface area contributed by atoms with Crippen LogP contribution in [-0.4, -0.2) is 33.8 Å². The van der Waals surface area contributed by atoms with Crippen LogP contribution in [0.2, 0.25) is 0 Å². The zero-order valence-corrected chi connectivity index (χ0v) is 18.3. The predicted octanol–water partition coefficient (Wildman–Crippen LogP) is 4.17. The molecule has 0 radical (unpaired) electrons. The second kappa shape index (κ2) is 6.66. The van der Waals surface area contributed by atoms with Crippen molar-refractivity contribution in [2.75, 3.05) is 7.11 Å². The van der Waals surface area contributed by atoms with Crippen LogP contribution < -0.4 is 5.32 Å². The molecule has 31 heavy (non-hydrogen) atoms. The van der Waals surface area contributed by atoms with Crippen molar-refractivity contribution in [2.45, 2.75) is 70.1 Å². The average molecular weight is 421 g/mol. The van der Waals surface area contributed by atoms with Crippen molar-refractivity contribution in [2.24, 2.45) is 5.92 Å². The normalized spacial score (nSPS) is 29.9. The second-order valence-electron chi connectivity index (χ2n) is 9.50. The Labute approximate surface area is 181 Å². The molecule has 0 bridgehead atoms. The second-order valence-corrected chi connectivity index (χ2v) is 9.50. The van der Waals surface area contributed by atoms with Crippen LogP contribution in [-0.2, 0) is 15.1 Å². The lowest BCUT2D eigenvalue weighted by Gasteiger charge is -2.31. The molecule has 7 nitrogen and oxygen atoms in total. The van der Waals surface area contributed by atoms with E-state index < -0.39 is 0 Å². The molecule has 3 aromatic rings. The number of aryl methyl sites for hydroxylation is 2. The van der Waals surface area contributed by atoms with Crippen molar-refractivity contribution in [3.63, 3.8) is 0 Å². The first-order valence-electron chi connectivity index (χ1n) is 11.3. The Morgan fingerprint density at radius 1 is 1.23 bits per heavy atom. The Kier molecular flexibility index (Phi) is 4.09. The molecule has 1 aromatic carbocycles. The number of nitrogens with one attached hydrogen (secondary N) is 1. The molecule has 2 aliphatic carbocycles. The van der Waals surface area contributed by atoms with Gasteiger partial charge in [-0.2, -0.15) is 0 Å². The Morgan fingerprint density at radius 3 is 2.68 bits per heavy atom. The summed E-state index contributed by atoms with van der Waals surface area (Å²) in [4.78, 5) is 17.3. The van der Waals surface area contributed by atoms with E-state index in [2.05, 4.69) is 33.2 Å². The van der Waals surface area contributed by atoms with Gasteiger partial charge in [0, 0.05) is 31.1 Å². The molecule has 6 rings (SSSR count). The lowest BCUT2D eigenvalue weighted by molar-refractivity contribution is -0.120. The molecule has 162 valence electrons. The number of hydrogen-bond donors (Lipinski definition) is 1. The number of nitrogens with zero attached hydrogens (tertiary/aromatic N) is 3. The highest BCUT2D eigenvalue weighted by Crippen LogP contribution is 2.58. The molecule has 3 heterocycles. The summed E-state index contributed by atoms with van der Waals surface area (Å²) in [5, 5.41) is 7.38. The molecule has 0 spiro atoms. The summed E-state index contributed by atoms with van der Waals surface area (Å²) in [7, 11) is 1.81. The van der Waals surface area contributed by atoms with Crippen LogP contribution >= 0.6 is 0 Å². The monoisotopic (exact) mass is 420 g/mol. The van der Waals surface area contributed by atoms with Crippen LogP contribution in [0.25, 0.3) is 22.2 Å². The largest absolute Gasteiger partial charge is 0.381 e. The molecular formula is C24H28N4O3. The number of hydrogen-bond acceptors (Lipinski definition) is 5. The molecule has 2 saturated carbocycles. The van der Waals surface area contributed by atoms with Gasteiger partial charge in [0.05, 0.1) is 22.8 Å². The van der Waals surface area contributed by atoms with Crippen LogP contribution in [0.3, 0.4) is 0 Å². The quantitative estimate of drug-likeness (QED) is 0.685. The fraction of sp³-hybridized carbons (Fsp3) is 0.542. The van der Waals surface area contributed by atoms with Gasteiger partial charge < -0.3 is 19.1 Å². The SMILES string of the molecule is COC1CCC(n2c(C34CC3CC(=O)N4)nc3cc(-c4c(C)noc4C)ccc32)CC1. The highest BCUT2D eigenvalue weighted by Gasteiger charge is 2.64. The van der Waals surface area contributed by atoms with E-state index >= 15 is 0 Å². The number of carbonyl (C=O) groups is 1. The Morgan fingerprint density at radius 2 is 2.03 bits per heavy atom. The number of fused-ring (bicyclic) bond motifs is 2. The average Bonchev–Trinajstić information content (AvgIpc) is 3.04. The van der Waals surface area contributed by atoms with Crippen LogP contribution in [0.1, 0.15) is 61.8 Å². The molecule has 3 aliphatic rings. The van der Waals surface area contributed by atoms with Gasteiger partial charge in [-0.3, -0.25) is 4.79 Å². The third kappa shape index (κ3) is 2.79. The number of methoxy groups -OCH3 is 1. The zero-order chi connectivity index (χ0) is 21.3. The Balaban J connectivity index is 1.48. The molecule has 1 saturated heterocycles. The molecule has 1 aliphatic heterocycles. The molecule has 3 fully saturated rings. The van der Waals surface area contributed by atoms with Gasteiger partial charge in [-0.05, 0) is 63.6 Å². The summed E-state index contributed by atoms with van der Waals surface area (Å²) in [5.74, 6) is 2.37. The number of ether oxygens (including phenoxy) is 1. The summed E-state index contributed by atoms with van der Waals surface area (Å²) in [6, 6.07) is 6.85. The molecule has 2 aromatic heterocycles. The van der Waals surface area contributed by atoms with Crippen LogP contribution in [0.15, 0.2) is 22.7 Å². The number of rotatable bonds is 4. The van der Waals surface area contributed by atoms with E-state index in [9.17, 15) is 4.79 Å². The van der Waals surface area contributed by atoms with Crippen LogP contribution in [0, 0.1) is 19.8 Å². The standard InChI is InChI=1S/C24H28N4O3/c1-13-22(14(2)31-27-13)15-4-9-20-19(10-15)25-23(24-12-16(24)11-21(29)26-24)28(20)17-5-7-18(30-3)8-6-17/h4,9-10,16-18H,5-8,11-12H2,1-3H3,(H,26,29). The van der Waals surface area contributed by atoms with Crippen molar-refractivity contribution in [3.05, 3.63) is 35.5 Å². The fourth-order valence-corrected chi connectivity index (χ4v) is 5.96. The van der Waals surface area contributed by atoms with Gasteiger partial charge in [0.25, 0.3) is 0 Å². The zero-order valence-electron chi connectivity index (χ0n) is 18.3. The third-order valence-electron chi connectivity index (χ3n) is 7.65. The lowest BCUT2D eigenvalue weighted by Crippen LogP contribution is -2.34. The van der Waals surface area contributed by atoms with Crippen molar-refractivity contribution < 1.29 is 14.1 Å². The summed E-state index contributed by atoms with van der Waals surface area (Å²) in [6.45, 7) is 3.91. The van der Waals surface area contributed by atoms with Crippen molar-refractivity contribution in [1.82, 2.24) is 20.0 Å². The van der Waals surface area contributed by atoms with E-state index in [1.165, 1.54) is 0 Å². The first kappa shape index (κ1) is 19.0. The summed E-state index contributed by atoms with van der Waals surface area (Å²) < 4.78 is 13.4.